The van der Waals surface area contributed by atoms with Crippen LogP contribution in [0.15, 0.2) is 41.9 Å². The summed E-state index contributed by atoms with van der Waals surface area (Å²) in [7, 11) is 0. The average Bonchev–Trinajstić information content (AvgIpc) is 2.35. The van der Waals surface area contributed by atoms with Crippen LogP contribution in [-0.2, 0) is 0 Å². The summed E-state index contributed by atoms with van der Waals surface area (Å²) in [5.41, 5.74) is 1.30. The molecule has 18 heavy (non-hydrogen) atoms. The van der Waals surface area contributed by atoms with Crippen LogP contribution in [0.5, 0.6) is 0 Å². The summed E-state index contributed by atoms with van der Waals surface area (Å²) in [5, 5.41) is 13.4. The fourth-order valence-corrected chi connectivity index (χ4v) is 1.69. The van der Waals surface area contributed by atoms with E-state index in [4.69, 9.17) is 16.7 Å². The van der Waals surface area contributed by atoms with Gasteiger partial charge in [-0.15, -0.1) is 0 Å². The smallest absolute Gasteiger partial charge is 0.354 e. The normalized spacial score (nSPS) is 10.3. The van der Waals surface area contributed by atoms with Crippen molar-refractivity contribution in [3.8, 4) is 0 Å². The maximum Gasteiger partial charge on any atom is 0.354 e. The van der Waals surface area contributed by atoms with E-state index in [1.807, 2.05) is 18.2 Å². The van der Waals surface area contributed by atoms with Crippen LogP contribution in [-0.4, -0.2) is 22.6 Å². The molecule has 2 aromatic rings. The Morgan fingerprint density at radius 2 is 2.17 bits per heavy atom. The number of pyridine rings is 1. The molecule has 92 valence electrons. The Bertz CT molecular complexity index is 625. The van der Waals surface area contributed by atoms with Gasteiger partial charge in [0.1, 0.15) is 0 Å². The number of nitrogens with zero attached hydrogens (tertiary/aromatic N) is 1. The number of rotatable bonds is 4. The first-order valence-corrected chi connectivity index (χ1v) is 5.66. The highest BCUT2D eigenvalue weighted by Crippen LogP contribution is 2.23. The standard InChI is InChI=1S/C13H11ClN2O2/c1-8(14)7-15-11-6-12(13(17)18)16-10-5-3-2-4-9(10)11/h2-6H,1,7H2,(H,15,16)(H,17,18). The van der Waals surface area contributed by atoms with E-state index >= 15 is 0 Å². The van der Waals surface area contributed by atoms with Gasteiger partial charge in [-0.05, 0) is 12.1 Å². The van der Waals surface area contributed by atoms with Crippen molar-refractivity contribution in [2.24, 2.45) is 0 Å². The Morgan fingerprint density at radius 1 is 1.44 bits per heavy atom. The zero-order valence-electron chi connectivity index (χ0n) is 9.48. The van der Waals surface area contributed by atoms with Gasteiger partial charge in [-0.1, -0.05) is 36.4 Å². The molecule has 0 radical (unpaired) electrons. The van der Waals surface area contributed by atoms with Gasteiger partial charge in [0.15, 0.2) is 5.69 Å². The SMILES string of the molecule is C=C(Cl)CNc1cc(C(=O)O)nc2ccccc12. The van der Waals surface area contributed by atoms with Crippen molar-refractivity contribution in [2.45, 2.75) is 0 Å². The van der Waals surface area contributed by atoms with Gasteiger partial charge in [-0.3, -0.25) is 0 Å². The Kier molecular flexibility index (Phi) is 3.48. The monoisotopic (exact) mass is 262 g/mol. The first-order chi connectivity index (χ1) is 8.58. The second-order valence-electron chi connectivity index (χ2n) is 3.75. The molecule has 0 unspecified atom stereocenters. The van der Waals surface area contributed by atoms with Crippen LogP contribution in [0.4, 0.5) is 5.69 Å². The highest BCUT2D eigenvalue weighted by Gasteiger charge is 2.10. The number of fused-ring (bicyclic) bond motifs is 1. The molecule has 0 atom stereocenters. The number of carboxylic acid groups (broad SMARTS) is 1. The van der Waals surface area contributed by atoms with Crippen LogP contribution < -0.4 is 5.32 Å². The fraction of sp³-hybridized carbons (Fsp3) is 0.0769. The van der Waals surface area contributed by atoms with E-state index in [2.05, 4.69) is 16.9 Å². The molecule has 1 aromatic heterocycles. The summed E-state index contributed by atoms with van der Waals surface area (Å²) in [6.45, 7) is 3.95. The van der Waals surface area contributed by atoms with Crippen molar-refractivity contribution < 1.29 is 9.90 Å². The van der Waals surface area contributed by atoms with Gasteiger partial charge in [-0.25, -0.2) is 9.78 Å². The third-order valence-electron chi connectivity index (χ3n) is 2.41. The molecule has 1 aromatic carbocycles. The second kappa shape index (κ2) is 5.06. The number of hydrogen-bond acceptors (Lipinski definition) is 3. The Morgan fingerprint density at radius 3 is 2.83 bits per heavy atom. The summed E-state index contributed by atoms with van der Waals surface area (Å²) in [4.78, 5) is 15.1. The van der Waals surface area contributed by atoms with Crippen LogP contribution >= 0.6 is 11.6 Å². The molecule has 1 heterocycles. The minimum absolute atomic E-state index is 0.00335. The molecule has 0 amide bonds. The van der Waals surface area contributed by atoms with Gasteiger partial charge in [0.25, 0.3) is 0 Å². The molecule has 0 fully saturated rings. The quantitative estimate of drug-likeness (QED) is 0.889. The van der Waals surface area contributed by atoms with Crippen LogP contribution in [0.1, 0.15) is 10.5 Å². The van der Waals surface area contributed by atoms with Crippen molar-refractivity contribution in [1.29, 1.82) is 0 Å². The third kappa shape index (κ3) is 2.60. The van der Waals surface area contributed by atoms with Gasteiger partial charge in [0.2, 0.25) is 0 Å². The van der Waals surface area contributed by atoms with Crippen molar-refractivity contribution in [3.05, 3.63) is 47.6 Å². The Hall–Kier alpha value is -2.07. The van der Waals surface area contributed by atoms with E-state index in [0.717, 1.165) is 5.39 Å². The number of aromatic carboxylic acids is 1. The molecule has 5 heteroatoms. The molecule has 0 aliphatic rings. The highest BCUT2D eigenvalue weighted by atomic mass is 35.5. The molecule has 0 aliphatic heterocycles. The summed E-state index contributed by atoms with van der Waals surface area (Å²) < 4.78 is 0. The van der Waals surface area contributed by atoms with Crippen LogP contribution in [0.25, 0.3) is 10.9 Å². The van der Waals surface area contributed by atoms with Gasteiger partial charge in [0.05, 0.1) is 12.1 Å². The van der Waals surface area contributed by atoms with Gasteiger partial charge < -0.3 is 10.4 Å². The lowest BCUT2D eigenvalue weighted by molar-refractivity contribution is 0.0691. The number of carbonyl (C=O) groups is 1. The second-order valence-corrected chi connectivity index (χ2v) is 4.28. The largest absolute Gasteiger partial charge is 0.477 e. The zero-order chi connectivity index (χ0) is 13.1. The Balaban J connectivity index is 2.53. The van der Waals surface area contributed by atoms with E-state index in [9.17, 15) is 4.79 Å². The molecule has 2 N–H and O–H groups in total. The number of para-hydroxylation sites is 1. The number of halogens is 1. The molecule has 0 saturated heterocycles. The summed E-state index contributed by atoms with van der Waals surface area (Å²) in [6.07, 6.45) is 0. The van der Waals surface area contributed by atoms with E-state index in [-0.39, 0.29) is 5.69 Å². The van der Waals surface area contributed by atoms with Crippen molar-refractivity contribution in [3.63, 3.8) is 0 Å². The predicted octanol–water partition coefficient (Wildman–Crippen LogP) is 3.10. The van der Waals surface area contributed by atoms with Crippen molar-refractivity contribution in [2.75, 3.05) is 11.9 Å². The maximum absolute atomic E-state index is 11.0. The first-order valence-electron chi connectivity index (χ1n) is 5.28. The van der Waals surface area contributed by atoms with Crippen LogP contribution in [0.3, 0.4) is 0 Å². The molecule has 0 spiro atoms. The lowest BCUT2D eigenvalue weighted by Gasteiger charge is -2.09. The van der Waals surface area contributed by atoms with Gasteiger partial charge >= 0.3 is 5.97 Å². The van der Waals surface area contributed by atoms with Crippen molar-refractivity contribution in [1.82, 2.24) is 4.98 Å². The van der Waals surface area contributed by atoms with Gasteiger partial charge in [0, 0.05) is 16.1 Å². The third-order valence-corrected chi connectivity index (χ3v) is 2.54. The number of hydrogen-bond donors (Lipinski definition) is 2. The summed E-state index contributed by atoms with van der Waals surface area (Å²) in [5.74, 6) is -1.06. The molecule has 4 nitrogen and oxygen atoms in total. The molecule has 2 rings (SSSR count). The predicted molar refractivity (Wildman–Crippen MR) is 72.2 cm³/mol. The van der Waals surface area contributed by atoms with Gasteiger partial charge in [-0.2, -0.15) is 0 Å². The van der Waals surface area contributed by atoms with E-state index in [1.54, 1.807) is 6.07 Å². The van der Waals surface area contributed by atoms with E-state index in [1.165, 1.54) is 6.07 Å². The topological polar surface area (TPSA) is 62.2 Å². The minimum atomic E-state index is -1.06. The average molecular weight is 263 g/mol. The number of nitrogens with one attached hydrogen (secondary N) is 1. The lowest BCUT2D eigenvalue weighted by atomic mass is 10.1. The number of carboxylic acids is 1. The van der Waals surface area contributed by atoms with Crippen LogP contribution in [0.2, 0.25) is 0 Å². The summed E-state index contributed by atoms with van der Waals surface area (Å²) >= 11 is 5.69. The number of anilines is 1. The molecular weight excluding hydrogens is 252 g/mol. The first kappa shape index (κ1) is 12.4. The molecular formula is C13H11ClN2O2. The van der Waals surface area contributed by atoms with E-state index < -0.39 is 5.97 Å². The maximum atomic E-state index is 11.0. The molecule has 0 aliphatic carbocycles. The summed E-state index contributed by atoms with van der Waals surface area (Å²) in [6, 6.07) is 8.80. The minimum Gasteiger partial charge on any atom is -0.477 e. The molecule has 0 saturated carbocycles. The molecule has 0 bridgehead atoms. The zero-order valence-corrected chi connectivity index (χ0v) is 10.2. The lowest BCUT2D eigenvalue weighted by Crippen LogP contribution is -2.06. The highest BCUT2D eigenvalue weighted by molar-refractivity contribution is 6.29. The van der Waals surface area contributed by atoms with E-state index in [0.29, 0.717) is 22.8 Å². The Labute approximate surface area is 109 Å². The number of benzene rings is 1. The van der Waals surface area contributed by atoms with Crippen LogP contribution in [0, 0.1) is 0 Å². The fourth-order valence-electron chi connectivity index (χ4n) is 1.62. The van der Waals surface area contributed by atoms with Crippen molar-refractivity contribution >= 4 is 34.2 Å². The number of aromatic nitrogens is 1.